The van der Waals surface area contributed by atoms with Crippen LogP contribution < -0.4 is 10.1 Å². The van der Waals surface area contributed by atoms with Crippen LogP contribution in [-0.4, -0.2) is 11.5 Å². The molecule has 0 bridgehead atoms. The highest BCUT2D eigenvalue weighted by molar-refractivity contribution is 7.08. The molecule has 1 aromatic heterocycles. The van der Waals surface area contributed by atoms with Gasteiger partial charge in [-0.2, -0.15) is 11.3 Å². The van der Waals surface area contributed by atoms with E-state index in [1.165, 1.54) is 29.5 Å². The molecule has 1 heterocycles. The van der Waals surface area contributed by atoms with Gasteiger partial charge < -0.3 is 10.1 Å². The summed E-state index contributed by atoms with van der Waals surface area (Å²) in [6.45, 7) is 1.77. The maximum atomic E-state index is 12.6. The molecule has 0 aliphatic carbocycles. The van der Waals surface area contributed by atoms with Crippen LogP contribution >= 0.6 is 22.9 Å². The molecule has 0 saturated carbocycles. The number of amides is 1. The van der Waals surface area contributed by atoms with Gasteiger partial charge in [0.05, 0.1) is 5.92 Å². The number of ether oxygens (including phenoxy) is 1. The van der Waals surface area contributed by atoms with Gasteiger partial charge in [-0.05, 0) is 41.4 Å². The van der Waals surface area contributed by atoms with Crippen molar-refractivity contribution in [3.8, 4) is 5.75 Å². The highest BCUT2D eigenvalue weighted by Gasteiger charge is 2.27. The Labute approximate surface area is 129 Å². The number of hydrogen-bond donors (Lipinski definition) is 1. The zero-order valence-electron chi connectivity index (χ0n) is 11.0. The van der Waals surface area contributed by atoms with Crippen molar-refractivity contribution in [2.24, 2.45) is 0 Å². The maximum absolute atomic E-state index is 12.6. The number of nitrogens with one attached hydrogen (secondary N) is 1. The van der Waals surface area contributed by atoms with E-state index in [-0.39, 0.29) is 17.6 Å². The van der Waals surface area contributed by atoms with Gasteiger partial charge in [-0.15, -0.1) is 8.78 Å². The summed E-state index contributed by atoms with van der Waals surface area (Å²) in [4.78, 5) is 12.1. The lowest BCUT2D eigenvalue weighted by molar-refractivity contribution is -0.117. The second-order valence-electron chi connectivity index (χ2n) is 4.34. The summed E-state index contributed by atoms with van der Waals surface area (Å²) >= 11 is 6.20. The number of halogens is 3. The standard InChI is InChI=1S/C14H12ClF2NO2S/c1-9(10-5-6-21-8-10)13(19)18-11-3-2-4-12(7-11)20-14(15,16)17/h2-9H,1H3,(H,18,19). The van der Waals surface area contributed by atoms with E-state index < -0.39 is 5.57 Å². The van der Waals surface area contributed by atoms with E-state index in [1.807, 2.05) is 16.8 Å². The van der Waals surface area contributed by atoms with Crippen LogP contribution in [0.5, 0.6) is 5.75 Å². The minimum absolute atomic E-state index is 0.129. The molecule has 2 rings (SSSR count). The van der Waals surface area contributed by atoms with Crippen LogP contribution in [0.25, 0.3) is 0 Å². The molecule has 0 aliphatic heterocycles. The molecule has 0 fully saturated rings. The fraction of sp³-hybridized carbons (Fsp3) is 0.214. The smallest absolute Gasteiger partial charge is 0.420 e. The lowest BCUT2D eigenvalue weighted by Gasteiger charge is -2.13. The van der Waals surface area contributed by atoms with Crippen LogP contribution in [0, 0.1) is 0 Å². The van der Waals surface area contributed by atoms with Gasteiger partial charge >= 0.3 is 5.57 Å². The third-order valence-corrected chi connectivity index (χ3v) is 3.55. The molecule has 2 aromatic rings. The molecule has 1 amide bonds. The number of alkyl halides is 3. The predicted octanol–water partition coefficient (Wildman–Crippen LogP) is 4.66. The Hall–Kier alpha value is -1.66. The first-order chi connectivity index (χ1) is 9.85. The average molecular weight is 332 g/mol. The van der Waals surface area contributed by atoms with Gasteiger partial charge in [0.25, 0.3) is 0 Å². The van der Waals surface area contributed by atoms with Crippen molar-refractivity contribution in [1.82, 2.24) is 0 Å². The molecule has 0 aliphatic rings. The molecule has 1 unspecified atom stereocenters. The summed E-state index contributed by atoms with van der Waals surface area (Å²) in [6.07, 6.45) is 0. The van der Waals surface area contributed by atoms with Crippen molar-refractivity contribution in [2.75, 3.05) is 5.32 Å². The molecular formula is C14H12ClF2NO2S. The number of carbonyl (C=O) groups excluding carboxylic acids is 1. The van der Waals surface area contributed by atoms with Crippen molar-refractivity contribution < 1.29 is 18.3 Å². The molecule has 3 nitrogen and oxygen atoms in total. The summed E-state index contributed by atoms with van der Waals surface area (Å²) in [5.41, 5.74) is -2.52. The summed E-state index contributed by atoms with van der Waals surface area (Å²) in [7, 11) is 0. The lowest BCUT2D eigenvalue weighted by atomic mass is 10.0. The molecular weight excluding hydrogens is 320 g/mol. The summed E-state index contributed by atoms with van der Waals surface area (Å²) in [6, 6.07) is 7.55. The number of thiophene rings is 1. The first-order valence-corrected chi connectivity index (χ1v) is 7.36. The first-order valence-electron chi connectivity index (χ1n) is 6.04. The maximum Gasteiger partial charge on any atom is 0.487 e. The topological polar surface area (TPSA) is 38.3 Å². The molecule has 0 saturated heterocycles. The van der Waals surface area contributed by atoms with Crippen LogP contribution in [0.15, 0.2) is 41.1 Å². The van der Waals surface area contributed by atoms with Crippen molar-refractivity contribution in [2.45, 2.75) is 18.4 Å². The largest absolute Gasteiger partial charge is 0.487 e. The van der Waals surface area contributed by atoms with Crippen molar-refractivity contribution in [3.63, 3.8) is 0 Å². The van der Waals surface area contributed by atoms with Crippen molar-refractivity contribution >= 4 is 34.5 Å². The summed E-state index contributed by atoms with van der Waals surface area (Å²) in [5.74, 6) is -0.700. The van der Waals surface area contributed by atoms with E-state index in [2.05, 4.69) is 10.1 Å². The molecule has 21 heavy (non-hydrogen) atoms. The number of hydrogen-bond acceptors (Lipinski definition) is 3. The van der Waals surface area contributed by atoms with Gasteiger partial charge in [0.2, 0.25) is 5.91 Å². The molecule has 0 spiro atoms. The van der Waals surface area contributed by atoms with Gasteiger partial charge in [-0.1, -0.05) is 6.07 Å². The summed E-state index contributed by atoms with van der Waals surface area (Å²) < 4.78 is 29.4. The fourth-order valence-electron chi connectivity index (χ4n) is 1.69. The van der Waals surface area contributed by atoms with Crippen LogP contribution in [0.1, 0.15) is 18.4 Å². The Kier molecular flexibility index (Phi) is 4.80. The third kappa shape index (κ3) is 4.68. The monoisotopic (exact) mass is 331 g/mol. The molecule has 7 heteroatoms. The Morgan fingerprint density at radius 1 is 1.43 bits per heavy atom. The van der Waals surface area contributed by atoms with E-state index in [0.29, 0.717) is 5.69 Å². The Bertz CT molecular complexity index is 614. The average Bonchev–Trinajstić information content (AvgIpc) is 2.89. The minimum Gasteiger partial charge on any atom is -0.420 e. The highest BCUT2D eigenvalue weighted by Crippen LogP contribution is 2.27. The van der Waals surface area contributed by atoms with Gasteiger partial charge in [-0.25, -0.2) is 0 Å². The quantitative estimate of drug-likeness (QED) is 0.809. The number of carbonyl (C=O) groups is 1. The Morgan fingerprint density at radius 2 is 2.19 bits per heavy atom. The van der Waals surface area contributed by atoms with Crippen LogP contribution in [0.3, 0.4) is 0 Å². The normalized spacial score (nSPS) is 12.8. The SMILES string of the molecule is CC(C(=O)Nc1cccc(OC(F)(F)Cl)c1)c1ccsc1. The van der Waals surface area contributed by atoms with Crippen LogP contribution in [0.2, 0.25) is 0 Å². The van der Waals surface area contributed by atoms with E-state index in [9.17, 15) is 13.6 Å². The van der Waals surface area contributed by atoms with Gasteiger partial charge in [0.1, 0.15) is 5.75 Å². The first kappa shape index (κ1) is 15.7. The minimum atomic E-state index is -3.79. The van der Waals surface area contributed by atoms with Crippen LogP contribution in [0.4, 0.5) is 14.5 Å². The zero-order valence-corrected chi connectivity index (χ0v) is 12.5. The zero-order chi connectivity index (χ0) is 15.5. The number of anilines is 1. The van der Waals surface area contributed by atoms with Gasteiger partial charge in [-0.3, -0.25) is 4.79 Å². The second-order valence-corrected chi connectivity index (χ2v) is 5.56. The lowest BCUT2D eigenvalue weighted by Crippen LogP contribution is -2.19. The van der Waals surface area contributed by atoms with Crippen molar-refractivity contribution in [3.05, 3.63) is 46.7 Å². The van der Waals surface area contributed by atoms with Gasteiger partial charge in [0.15, 0.2) is 0 Å². The molecule has 1 atom stereocenters. The number of rotatable bonds is 5. The van der Waals surface area contributed by atoms with Gasteiger partial charge in [0, 0.05) is 23.4 Å². The molecule has 112 valence electrons. The molecule has 1 aromatic carbocycles. The second kappa shape index (κ2) is 6.41. The molecule has 0 radical (unpaired) electrons. The van der Waals surface area contributed by atoms with E-state index >= 15 is 0 Å². The molecule has 1 N–H and O–H groups in total. The number of benzene rings is 1. The van der Waals surface area contributed by atoms with Crippen molar-refractivity contribution in [1.29, 1.82) is 0 Å². The van der Waals surface area contributed by atoms with Crippen LogP contribution in [-0.2, 0) is 4.79 Å². The third-order valence-electron chi connectivity index (χ3n) is 2.77. The predicted molar refractivity (Wildman–Crippen MR) is 79.2 cm³/mol. The Balaban J connectivity index is 2.06. The summed E-state index contributed by atoms with van der Waals surface area (Å²) in [5, 5.41) is 6.43. The highest BCUT2D eigenvalue weighted by atomic mass is 35.5. The van der Waals surface area contributed by atoms with E-state index in [0.717, 1.165) is 5.56 Å². The van der Waals surface area contributed by atoms with E-state index in [4.69, 9.17) is 11.6 Å². The fourth-order valence-corrected chi connectivity index (χ4v) is 2.54. The van der Waals surface area contributed by atoms with E-state index in [1.54, 1.807) is 13.0 Å². The Morgan fingerprint density at radius 3 is 2.81 bits per heavy atom.